The zero-order valence-corrected chi connectivity index (χ0v) is 18.9. The van der Waals surface area contributed by atoms with E-state index < -0.39 is 17.4 Å². The Morgan fingerprint density at radius 2 is 1.42 bits per heavy atom. The van der Waals surface area contributed by atoms with E-state index in [-0.39, 0.29) is 17.4 Å². The van der Waals surface area contributed by atoms with Crippen LogP contribution in [0.15, 0.2) is 36.4 Å². The number of carbonyl (C=O) groups excluding carboxylic acids is 1. The molecule has 3 heteroatoms. The molecule has 3 aliphatic carbocycles. The van der Waals surface area contributed by atoms with Gasteiger partial charge in [0.15, 0.2) is 5.78 Å². The fourth-order valence-electron chi connectivity index (χ4n) is 5.67. The molecule has 0 radical (unpaired) electrons. The van der Waals surface area contributed by atoms with E-state index in [0.29, 0.717) is 17.4 Å². The summed E-state index contributed by atoms with van der Waals surface area (Å²) in [4.78, 5) is 12.3. The summed E-state index contributed by atoms with van der Waals surface area (Å²) < 4.78 is 29.4. The molecule has 0 N–H and O–H groups in total. The largest absolute Gasteiger partial charge is 0.294 e. The lowest BCUT2D eigenvalue weighted by Gasteiger charge is -2.52. The van der Waals surface area contributed by atoms with Gasteiger partial charge in [0.2, 0.25) is 0 Å². The minimum Gasteiger partial charge on any atom is -0.294 e. The van der Waals surface area contributed by atoms with Crippen LogP contribution in [-0.2, 0) is 5.41 Å². The quantitative estimate of drug-likeness (QED) is 0.307. The summed E-state index contributed by atoms with van der Waals surface area (Å²) in [5.41, 5.74) is 3.06. The number of benzene rings is 2. The Morgan fingerprint density at radius 1 is 0.839 bits per heavy atom. The number of ketones is 1. The van der Waals surface area contributed by atoms with E-state index in [9.17, 15) is 13.6 Å². The Kier molecular flexibility index (Phi) is 6.32. The number of fused-ring (bicyclic) bond motifs is 3. The number of rotatable bonds is 8. The van der Waals surface area contributed by atoms with Crippen LogP contribution in [0.25, 0.3) is 11.1 Å². The molecule has 5 rings (SSSR count). The van der Waals surface area contributed by atoms with Gasteiger partial charge in [-0.3, -0.25) is 4.79 Å². The van der Waals surface area contributed by atoms with Gasteiger partial charge in [-0.05, 0) is 84.6 Å². The van der Waals surface area contributed by atoms with E-state index in [2.05, 4.69) is 26.0 Å². The molecular weight excluding hydrogens is 390 g/mol. The molecule has 2 aromatic rings. The van der Waals surface area contributed by atoms with Gasteiger partial charge < -0.3 is 0 Å². The zero-order valence-electron chi connectivity index (χ0n) is 18.9. The van der Waals surface area contributed by atoms with Crippen molar-refractivity contribution in [3.8, 4) is 11.1 Å². The molecule has 166 valence electrons. The fraction of sp³-hybridized carbons (Fsp3) is 0.536. The zero-order chi connectivity index (χ0) is 22.1. The summed E-state index contributed by atoms with van der Waals surface area (Å²) in [6.07, 6.45) is 11.5. The number of halogens is 2. The second kappa shape index (κ2) is 8.84. The fourth-order valence-corrected chi connectivity index (χ4v) is 5.67. The molecule has 2 aromatic carbocycles. The van der Waals surface area contributed by atoms with E-state index in [1.807, 2.05) is 12.1 Å². The van der Waals surface area contributed by atoms with Crippen LogP contribution in [0.2, 0.25) is 0 Å². The molecule has 0 atom stereocenters. The first-order valence-corrected chi connectivity index (χ1v) is 12.0. The first-order chi connectivity index (χ1) is 14.9. The lowest BCUT2D eigenvalue weighted by atomic mass is 9.52. The summed E-state index contributed by atoms with van der Waals surface area (Å²) in [6, 6.07) is 10.9. The summed E-state index contributed by atoms with van der Waals surface area (Å²) in [5.74, 6) is -1.94. The molecule has 2 bridgehead atoms. The van der Waals surface area contributed by atoms with Crippen LogP contribution >= 0.6 is 0 Å². The van der Waals surface area contributed by atoms with Crippen LogP contribution < -0.4 is 0 Å². The summed E-state index contributed by atoms with van der Waals surface area (Å²) in [5, 5.41) is 0. The van der Waals surface area contributed by atoms with E-state index >= 15 is 0 Å². The van der Waals surface area contributed by atoms with Crippen LogP contribution in [0.5, 0.6) is 0 Å². The molecule has 0 aliphatic heterocycles. The Morgan fingerprint density at radius 3 is 1.97 bits per heavy atom. The van der Waals surface area contributed by atoms with Crippen molar-refractivity contribution in [2.45, 2.75) is 89.9 Å². The van der Waals surface area contributed by atoms with Crippen LogP contribution in [0.3, 0.4) is 0 Å². The standard InChI is InChI=1S/C28H34F2O/c1-3-4-5-6-7-25(31)26-23(29)18-21(19-24(26)30)20-8-10-22(11-9-20)28-15-12-27(2,13-16-28)14-17-28/h8-11,18-19H,3-7,12-17H2,1-2H3. The van der Waals surface area contributed by atoms with Crippen LogP contribution in [-0.4, -0.2) is 5.78 Å². The van der Waals surface area contributed by atoms with Gasteiger partial charge in [-0.15, -0.1) is 0 Å². The molecule has 0 heterocycles. The highest BCUT2D eigenvalue weighted by Crippen LogP contribution is 2.57. The van der Waals surface area contributed by atoms with Crippen molar-refractivity contribution in [3.05, 3.63) is 59.2 Å². The highest BCUT2D eigenvalue weighted by molar-refractivity contribution is 5.97. The third-order valence-corrected chi connectivity index (χ3v) is 8.03. The predicted molar refractivity (Wildman–Crippen MR) is 122 cm³/mol. The Balaban J connectivity index is 1.50. The van der Waals surface area contributed by atoms with Crippen molar-refractivity contribution >= 4 is 5.78 Å². The SMILES string of the molecule is CCCCCCC(=O)c1c(F)cc(-c2ccc(C34CCC(C)(CC3)CC4)cc2)cc1F. The van der Waals surface area contributed by atoms with Gasteiger partial charge in [0, 0.05) is 6.42 Å². The monoisotopic (exact) mass is 424 g/mol. The molecule has 0 unspecified atom stereocenters. The number of Topliss-reactive ketones (excluding diaryl/α,β-unsaturated/α-hetero) is 1. The van der Waals surface area contributed by atoms with Gasteiger partial charge >= 0.3 is 0 Å². The number of hydrogen-bond acceptors (Lipinski definition) is 1. The smallest absolute Gasteiger partial charge is 0.168 e. The van der Waals surface area contributed by atoms with Crippen molar-refractivity contribution in [2.75, 3.05) is 0 Å². The normalized spacial score (nSPS) is 25.0. The van der Waals surface area contributed by atoms with E-state index in [1.165, 1.54) is 56.2 Å². The molecule has 3 aliphatic rings. The van der Waals surface area contributed by atoms with Crippen molar-refractivity contribution in [2.24, 2.45) is 5.41 Å². The lowest BCUT2D eigenvalue weighted by Crippen LogP contribution is -2.42. The van der Waals surface area contributed by atoms with Crippen LogP contribution in [0, 0.1) is 17.0 Å². The minimum atomic E-state index is -0.753. The molecule has 3 saturated carbocycles. The van der Waals surface area contributed by atoms with E-state index in [0.717, 1.165) is 24.8 Å². The highest BCUT2D eigenvalue weighted by Gasteiger charge is 2.46. The molecule has 0 amide bonds. The maximum atomic E-state index is 14.7. The predicted octanol–water partition coefficient (Wildman–Crippen LogP) is 8.40. The van der Waals surface area contributed by atoms with Gasteiger partial charge in [-0.1, -0.05) is 57.4 Å². The van der Waals surface area contributed by atoms with Gasteiger partial charge in [0.25, 0.3) is 0 Å². The average Bonchev–Trinajstić information content (AvgIpc) is 2.77. The number of carbonyl (C=O) groups is 1. The molecule has 0 spiro atoms. The second-order valence-corrected chi connectivity index (χ2v) is 10.2. The first-order valence-electron chi connectivity index (χ1n) is 12.0. The highest BCUT2D eigenvalue weighted by atomic mass is 19.1. The molecule has 3 fully saturated rings. The molecular formula is C28H34F2O. The Hall–Kier alpha value is -2.03. The summed E-state index contributed by atoms with van der Waals surface area (Å²) in [7, 11) is 0. The first kappa shape index (κ1) is 22.2. The maximum absolute atomic E-state index is 14.7. The van der Waals surface area contributed by atoms with Crippen LogP contribution in [0.1, 0.15) is 100 Å². The van der Waals surface area contributed by atoms with E-state index in [4.69, 9.17) is 0 Å². The van der Waals surface area contributed by atoms with Gasteiger partial charge in [-0.2, -0.15) is 0 Å². The summed E-state index contributed by atoms with van der Waals surface area (Å²) >= 11 is 0. The van der Waals surface area contributed by atoms with Crippen molar-refractivity contribution in [3.63, 3.8) is 0 Å². The topological polar surface area (TPSA) is 17.1 Å². The second-order valence-electron chi connectivity index (χ2n) is 10.2. The average molecular weight is 425 g/mol. The summed E-state index contributed by atoms with van der Waals surface area (Å²) in [6.45, 7) is 4.51. The molecule has 0 aromatic heterocycles. The van der Waals surface area contributed by atoms with Gasteiger partial charge in [0.1, 0.15) is 11.6 Å². The van der Waals surface area contributed by atoms with E-state index in [1.54, 1.807) is 0 Å². The van der Waals surface area contributed by atoms with Crippen molar-refractivity contribution in [1.82, 2.24) is 0 Å². The van der Waals surface area contributed by atoms with Gasteiger partial charge in [0.05, 0.1) is 5.56 Å². The Labute approximate surface area is 185 Å². The number of unbranched alkanes of at least 4 members (excludes halogenated alkanes) is 3. The molecule has 0 saturated heterocycles. The molecule has 1 nitrogen and oxygen atoms in total. The third-order valence-electron chi connectivity index (χ3n) is 8.03. The van der Waals surface area contributed by atoms with Crippen molar-refractivity contribution in [1.29, 1.82) is 0 Å². The van der Waals surface area contributed by atoms with Crippen molar-refractivity contribution < 1.29 is 13.6 Å². The maximum Gasteiger partial charge on any atom is 0.168 e. The lowest BCUT2D eigenvalue weighted by molar-refractivity contribution is 0.0556. The molecule has 31 heavy (non-hydrogen) atoms. The number of hydrogen-bond donors (Lipinski definition) is 0. The Bertz CT molecular complexity index is 896. The van der Waals surface area contributed by atoms with Gasteiger partial charge in [-0.25, -0.2) is 8.78 Å². The van der Waals surface area contributed by atoms with Crippen LogP contribution in [0.4, 0.5) is 8.78 Å². The minimum absolute atomic E-state index is 0.197. The third kappa shape index (κ3) is 4.47.